The minimum Gasteiger partial charge on any atom is -0.326 e. The van der Waals surface area contributed by atoms with Crippen LogP contribution in [-0.4, -0.2) is 18.6 Å². The van der Waals surface area contributed by atoms with Gasteiger partial charge in [-0.3, -0.25) is 0 Å². The van der Waals surface area contributed by atoms with Crippen molar-refractivity contribution in [2.24, 2.45) is 17.6 Å². The summed E-state index contributed by atoms with van der Waals surface area (Å²) in [6.07, 6.45) is 8.98. The van der Waals surface area contributed by atoms with Crippen LogP contribution < -0.4 is 11.1 Å². The van der Waals surface area contributed by atoms with Crippen LogP contribution in [0.4, 0.5) is 0 Å². The molecule has 0 radical (unpaired) electrons. The predicted molar refractivity (Wildman–Crippen MR) is 80.5 cm³/mol. The van der Waals surface area contributed by atoms with Crippen molar-refractivity contribution in [2.45, 2.75) is 58.5 Å². The fraction of sp³-hybridized carbons (Fsp3) is 0.750. The first kappa shape index (κ1) is 15.5. The summed E-state index contributed by atoms with van der Waals surface area (Å²) < 4.78 is 0. The van der Waals surface area contributed by atoms with Gasteiger partial charge in [-0.05, 0) is 37.6 Å². The molecule has 104 valence electrons. The highest BCUT2D eigenvalue weighted by Crippen LogP contribution is 2.30. The van der Waals surface area contributed by atoms with Crippen LogP contribution in [0, 0.1) is 11.8 Å². The summed E-state index contributed by atoms with van der Waals surface area (Å²) in [5.74, 6) is 1.20. The van der Waals surface area contributed by atoms with Crippen LogP contribution >= 0.6 is 0 Å². The lowest BCUT2D eigenvalue weighted by Crippen LogP contribution is -2.45. The van der Waals surface area contributed by atoms with Crippen molar-refractivity contribution in [3.63, 3.8) is 0 Å². The highest BCUT2D eigenvalue weighted by atomic mass is 15.0. The molecule has 4 atom stereocenters. The fourth-order valence-corrected chi connectivity index (χ4v) is 2.58. The van der Waals surface area contributed by atoms with Crippen LogP contribution in [0.2, 0.25) is 0 Å². The summed E-state index contributed by atoms with van der Waals surface area (Å²) in [5.41, 5.74) is 7.57. The zero-order chi connectivity index (χ0) is 13.5. The van der Waals surface area contributed by atoms with E-state index >= 15 is 0 Å². The molecule has 0 aromatic heterocycles. The van der Waals surface area contributed by atoms with Crippen LogP contribution in [0.5, 0.6) is 0 Å². The van der Waals surface area contributed by atoms with Crippen molar-refractivity contribution in [1.82, 2.24) is 5.32 Å². The van der Waals surface area contributed by atoms with Crippen LogP contribution in [0.3, 0.4) is 0 Å². The summed E-state index contributed by atoms with van der Waals surface area (Å²) in [4.78, 5) is 0. The normalized spacial score (nSPS) is 29.9. The molecule has 1 rings (SSSR count). The monoisotopic (exact) mass is 250 g/mol. The Morgan fingerprint density at radius 1 is 1.44 bits per heavy atom. The lowest BCUT2D eigenvalue weighted by atomic mass is 9.94. The van der Waals surface area contributed by atoms with E-state index < -0.39 is 0 Å². The van der Waals surface area contributed by atoms with Crippen LogP contribution in [0.15, 0.2) is 24.3 Å². The summed E-state index contributed by atoms with van der Waals surface area (Å²) in [6, 6.07) is 0.693. The van der Waals surface area contributed by atoms with Gasteiger partial charge in [-0.15, -0.1) is 0 Å². The van der Waals surface area contributed by atoms with Gasteiger partial charge in [0.1, 0.15) is 0 Å². The van der Waals surface area contributed by atoms with E-state index in [1.54, 1.807) is 0 Å². The maximum absolute atomic E-state index is 6.37. The Bertz CT molecular complexity index is 283. The zero-order valence-corrected chi connectivity index (χ0v) is 12.3. The van der Waals surface area contributed by atoms with Gasteiger partial charge < -0.3 is 11.1 Å². The van der Waals surface area contributed by atoms with E-state index in [9.17, 15) is 0 Å². The highest BCUT2D eigenvalue weighted by molar-refractivity contribution is 5.22. The van der Waals surface area contributed by atoms with Gasteiger partial charge in [-0.2, -0.15) is 0 Å². The predicted octanol–water partition coefficient (Wildman–Crippen LogP) is 3.25. The third-order valence-electron chi connectivity index (χ3n) is 4.19. The topological polar surface area (TPSA) is 38.0 Å². The minimum atomic E-state index is 0.225. The Hall–Kier alpha value is -0.600. The molecule has 0 amide bonds. The van der Waals surface area contributed by atoms with Crippen LogP contribution in [0.25, 0.3) is 0 Å². The van der Waals surface area contributed by atoms with Gasteiger partial charge in [0.05, 0.1) is 0 Å². The second-order valence-corrected chi connectivity index (χ2v) is 5.67. The van der Waals surface area contributed by atoms with Gasteiger partial charge in [0.25, 0.3) is 0 Å². The molecule has 0 spiro atoms. The number of hydrogen-bond acceptors (Lipinski definition) is 2. The molecule has 2 unspecified atom stereocenters. The van der Waals surface area contributed by atoms with Gasteiger partial charge >= 0.3 is 0 Å². The molecule has 0 aliphatic heterocycles. The van der Waals surface area contributed by atoms with E-state index in [0.717, 1.165) is 18.9 Å². The molecule has 0 aromatic carbocycles. The number of nitrogens with two attached hydrogens (primary N) is 1. The zero-order valence-electron chi connectivity index (χ0n) is 12.3. The molecule has 1 saturated carbocycles. The summed E-state index contributed by atoms with van der Waals surface area (Å²) in [7, 11) is 0. The van der Waals surface area contributed by atoms with E-state index in [1.807, 2.05) is 0 Å². The average molecular weight is 250 g/mol. The van der Waals surface area contributed by atoms with Crippen LogP contribution in [0.1, 0.15) is 46.5 Å². The summed E-state index contributed by atoms with van der Waals surface area (Å²) in [5, 5.41) is 3.63. The average Bonchev–Trinajstić information content (AvgIpc) is 2.74. The van der Waals surface area contributed by atoms with Crippen molar-refractivity contribution < 1.29 is 0 Å². The second kappa shape index (κ2) is 7.75. The van der Waals surface area contributed by atoms with Crippen molar-refractivity contribution in [3.8, 4) is 0 Å². The van der Waals surface area contributed by atoms with Gasteiger partial charge in [-0.25, -0.2) is 0 Å². The number of rotatable bonds is 7. The summed E-state index contributed by atoms with van der Waals surface area (Å²) >= 11 is 0. The fourth-order valence-electron chi connectivity index (χ4n) is 2.58. The SMILES string of the molecule is C=C(/C=C\CC)C1CCC(NC[C@@H](C)CC)[C@@H]1N. The number of hydrogen-bond donors (Lipinski definition) is 2. The van der Waals surface area contributed by atoms with Crippen molar-refractivity contribution in [1.29, 1.82) is 0 Å². The first-order valence-corrected chi connectivity index (χ1v) is 7.44. The molecular weight excluding hydrogens is 220 g/mol. The van der Waals surface area contributed by atoms with Gasteiger partial charge in [-0.1, -0.05) is 51.5 Å². The Labute approximate surface area is 113 Å². The Morgan fingerprint density at radius 2 is 2.17 bits per heavy atom. The van der Waals surface area contributed by atoms with Gasteiger partial charge in [0.15, 0.2) is 0 Å². The molecule has 1 aliphatic rings. The third-order valence-corrected chi connectivity index (χ3v) is 4.19. The Morgan fingerprint density at radius 3 is 2.78 bits per heavy atom. The van der Waals surface area contributed by atoms with Gasteiger partial charge in [0.2, 0.25) is 0 Å². The first-order chi connectivity index (χ1) is 8.60. The number of allylic oxidation sites excluding steroid dienone is 2. The highest BCUT2D eigenvalue weighted by Gasteiger charge is 2.33. The van der Waals surface area contributed by atoms with E-state index in [2.05, 4.69) is 44.8 Å². The standard InChI is InChI=1S/C16H30N2/c1-5-7-8-13(4)14-9-10-15(16(14)17)18-11-12(3)6-2/h7-8,12,14-16,18H,4-6,9-11,17H2,1-3H3/b8-7-/t12-,14?,15?,16+/m0/s1. The molecule has 0 bridgehead atoms. The van der Waals surface area contributed by atoms with Crippen molar-refractivity contribution >= 4 is 0 Å². The second-order valence-electron chi connectivity index (χ2n) is 5.67. The molecule has 18 heavy (non-hydrogen) atoms. The molecule has 0 heterocycles. The molecule has 1 fully saturated rings. The molecule has 2 nitrogen and oxygen atoms in total. The van der Waals surface area contributed by atoms with E-state index in [-0.39, 0.29) is 6.04 Å². The van der Waals surface area contributed by atoms with E-state index in [1.165, 1.54) is 24.8 Å². The maximum atomic E-state index is 6.37. The lowest BCUT2D eigenvalue weighted by Gasteiger charge is -2.23. The van der Waals surface area contributed by atoms with Crippen molar-refractivity contribution in [3.05, 3.63) is 24.3 Å². The van der Waals surface area contributed by atoms with E-state index in [0.29, 0.717) is 12.0 Å². The first-order valence-electron chi connectivity index (χ1n) is 7.44. The molecular formula is C16H30N2. The quantitative estimate of drug-likeness (QED) is 0.681. The Kier molecular flexibility index (Phi) is 6.66. The van der Waals surface area contributed by atoms with Crippen LogP contribution in [-0.2, 0) is 0 Å². The minimum absolute atomic E-state index is 0.225. The smallest absolute Gasteiger partial charge is 0.0263 e. The largest absolute Gasteiger partial charge is 0.326 e. The van der Waals surface area contributed by atoms with Gasteiger partial charge in [0, 0.05) is 12.1 Å². The Balaban J connectivity index is 2.43. The summed E-state index contributed by atoms with van der Waals surface area (Å²) in [6.45, 7) is 11.9. The van der Waals surface area contributed by atoms with E-state index in [4.69, 9.17) is 5.73 Å². The number of nitrogens with one attached hydrogen (secondary N) is 1. The molecule has 2 heteroatoms. The molecule has 0 aromatic rings. The molecule has 1 aliphatic carbocycles. The third kappa shape index (κ3) is 4.25. The molecule has 3 N–H and O–H groups in total. The maximum Gasteiger partial charge on any atom is 0.0263 e. The molecule has 0 saturated heterocycles. The van der Waals surface area contributed by atoms with Crippen molar-refractivity contribution in [2.75, 3.05) is 6.54 Å². The lowest BCUT2D eigenvalue weighted by molar-refractivity contribution is 0.403.